The van der Waals surface area contributed by atoms with E-state index in [-0.39, 0.29) is 0 Å². The van der Waals surface area contributed by atoms with Crippen LogP contribution < -0.4 is 0 Å². The van der Waals surface area contributed by atoms with Crippen LogP contribution in [0.25, 0.3) is 81.8 Å². The average Bonchev–Trinajstić information content (AvgIpc) is 3.19. The minimum absolute atomic E-state index is 1.02. The van der Waals surface area contributed by atoms with Gasteiger partial charge in [0.2, 0.25) is 0 Å². The van der Waals surface area contributed by atoms with Crippen LogP contribution in [0.15, 0.2) is 109 Å². The van der Waals surface area contributed by atoms with Gasteiger partial charge in [-0.2, -0.15) is 0 Å². The fourth-order valence-electron chi connectivity index (χ4n) is 6.49. The van der Waals surface area contributed by atoms with E-state index in [4.69, 9.17) is 0 Å². The van der Waals surface area contributed by atoms with Gasteiger partial charge >= 0.3 is 0 Å². The van der Waals surface area contributed by atoms with Crippen molar-refractivity contribution in [1.29, 1.82) is 0 Å². The Morgan fingerprint density at radius 2 is 1.06 bits per heavy atom. The highest BCUT2D eigenvalue weighted by Gasteiger charge is 2.24. The predicted octanol–water partition coefficient (Wildman–Crippen LogP) is 8.77. The molecule has 0 N–H and O–H groups in total. The normalized spacial score (nSPS) is 12.6. The van der Waals surface area contributed by atoms with Crippen LogP contribution in [0.1, 0.15) is 0 Å². The minimum atomic E-state index is 1.02. The Kier molecular flexibility index (Phi) is 3.07. The fourth-order valence-corrected chi connectivity index (χ4v) is 6.49. The van der Waals surface area contributed by atoms with Crippen LogP contribution in [0.4, 0.5) is 0 Å². The first kappa shape index (κ1) is 17.7. The smallest absolute Gasteiger partial charge is 0.0703 e. The zero-order chi connectivity index (χ0) is 22.7. The van der Waals surface area contributed by atoms with Crippen molar-refractivity contribution >= 4 is 65.0 Å². The molecule has 0 radical (unpaired) electrons. The molecule has 0 bridgehead atoms. The summed E-state index contributed by atoms with van der Waals surface area (Å²) in [6.07, 6.45) is 1.86. The summed E-state index contributed by atoms with van der Waals surface area (Å²) in [6.45, 7) is 0. The molecule has 6 aromatic carbocycles. The summed E-state index contributed by atoms with van der Waals surface area (Å²) in [4.78, 5) is 4.54. The summed E-state index contributed by atoms with van der Waals surface area (Å²) >= 11 is 0. The number of nitrogens with zero attached hydrogens (tertiary/aromatic N) is 2. The van der Waals surface area contributed by atoms with Gasteiger partial charge in [0, 0.05) is 33.4 Å². The third-order valence-electron chi connectivity index (χ3n) is 7.90. The summed E-state index contributed by atoms with van der Waals surface area (Å²) in [5, 5.41) is 11.8. The third-order valence-corrected chi connectivity index (χ3v) is 7.90. The van der Waals surface area contributed by atoms with Gasteiger partial charge in [-0.3, -0.25) is 4.98 Å². The van der Waals surface area contributed by atoms with Gasteiger partial charge in [-0.25, -0.2) is 0 Å². The molecule has 0 fully saturated rings. The van der Waals surface area contributed by atoms with Crippen LogP contribution in [0.5, 0.6) is 0 Å². The number of fused-ring (bicyclic) bond motifs is 2. The van der Waals surface area contributed by atoms with E-state index >= 15 is 0 Å². The van der Waals surface area contributed by atoms with Gasteiger partial charge < -0.3 is 4.57 Å². The molecule has 0 aliphatic heterocycles. The topological polar surface area (TPSA) is 17.8 Å². The van der Waals surface area contributed by atoms with Crippen LogP contribution in [0.2, 0.25) is 0 Å². The van der Waals surface area contributed by atoms with Gasteiger partial charge in [-0.1, -0.05) is 66.7 Å². The van der Waals surface area contributed by atoms with Gasteiger partial charge in [-0.05, 0) is 74.5 Å². The predicted molar refractivity (Wildman–Crippen MR) is 148 cm³/mol. The van der Waals surface area contributed by atoms with Gasteiger partial charge in [0.1, 0.15) is 0 Å². The highest BCUT2D eigenvalue weighted by Crippen LogP contribution is 2.49. The molecule has 2 nitrogen and oxygen atoms in total. The first-order chi connectivity index (χ1) is 17.4. The Bertz CT molecular complexity index is 2220. The van der Waals surface area contributed by atoms with Gasteiger partial charge in [0.25, 0.3) is 0 Å². The largest absolute Gasteiger partial charge is 0.309 e. The summed E-state index contributed by atoms with van der Waals surface area (Å²) < 4.78 is 2.44. The van der Waals surface area contributed by atoms with E-state index in [0.29, 0.717) is 0 Å². The maximum absolute atomic E-state index is 4.54. The fraction of sp³-hybridized carbons (Fsp3) is 0. The Hall–Kier alpha value is -4.69. The molecule has 2 aromatic heterocycles. The van der Waals surface area contributed by atoms with Crippen molar-refractivity contribution in [2.45, 2.75) is 0 Å². The molecule has 8 aromatic rings. The standard InChI is InChI=1S/C33H18N2/c1-4-19-9-10-21-12-16-28-33-31(21)29(19)24(7-1)25-8-2-5-20-11-15-27(32(33)30(20)25)35(28)23-13-14-26-22(18-23)6-3-17-34-26/h1-18H. The zero-order valence-electron chi connectivity index (χ0n) is 18.8. The first-order valence-corrected chi connectivity index (χ1v) is 12.1. The van der Waals surface area contributed by atoms with Crippen molar-refractivity contribution in [2.24, 2.45) is 0 Å². The van der Waals surface area contributed by atoms with E-state index < -0.39 is 0 Å². The number of hydrogen-bond acceptors (Lipinski definition) is 1. The van der Waals surface area contributed by atoms with Gasteiger partial charge in [-0.15, -0.1) is 0 Å². The van der Waals surface area contributed by atoms with Crippen LogP contribution in [0, 0.1) is 0 Å². The molecule has 1 aliphatic carbocycles. The second-order valence-electron chi connectivity index (χ2n) is 9.61. The Morgan fingerprint density at radius 1 is 0.457 bits per heavy atom. The lowest BCUT2D eigenvalue weighted by molar-refractivity contribution is 1.19. The third kappa shape index (κ3) is 2.09. The van der Waals surface area contributed by atoms with Crippen LogP contribution in [-0.4, -0.2) is 9.55 Å². The van der Waals surface area contributed by atoms with E-state index in [2.05, 4.69) is 107 Å². The lowest BCUT2D eigenvalue weighted by Crippen LogP contribution is -1.95. The summed E-state index contributed by atoms with van der Waals surface area (Å²) in [5.74, 6) is 0. The quantitative estimate of drug-likeness (QED) is 0.232. The number of benzene rings is 6. The molecule has 2 heteroatoms. The molecular weight excluding hydrogens is 424 g/mol. The molecule has 2 heterocycles. The minimum Gasteiger partial charge on any atom is -0.309 e. The van der Waals surface area contributed by atoms with E-state index in [0.717, 1.165) is 10.9 Å². The molecule has 0 saturated carbocycles. The molecular formula is C33H18N2. The lowest BCUT2D eigenvalue weighted by atomic mass is 9.93. The van der Waals surface area contributed by atoms with Crippen molar-refractivity contribution in [3.05, 3.63) is 109 Å². The van der Waals surface area contributed by atoms with E-state index in [9.17, 15) is 0 Å². The molecule has 0 saturated heterocycles. The molecule has 0 unspecified atom stereocenters. The number of hydrogen-bond donors (Lipinski definition) is 0. The molecule has 35 heavy (non-hydrogen) atoms. The summed E-state index contributed by atoms with van der Waals surface area (Å²) in [5.41, 5.74) is 7.35. The summed E-state index contributed by atoms with van der Waals surface area (Å²) in [7, 11) is 0. The molecule has 0 amide bonds. The maximum atomic E-state index is 4.54. The number of rotatable bonds is 1. The number of aromatic nitrogens is 2. The summed E-state index contributed by atoms with van der Waals surface area (Å²) in [6, 6.07) is 38.0. The second-order valence-corrected chi connectivity index (χ2v) is 9.61. The highest BCUT2D eigenvalue weighted by molar-refractivity contribution is 6.38. The molecule has 0 atom stereocenters. The first-order valence-electron chi connectivity index (χ1n) is 12.1. The van der Waals surface area contributed by atoms with Gasteiger partial charge in [0.15, 0.2) is 0 Å². The lowest BCUT2D eigenvalue weighted by Gasteiger charge is -2.14. The van der Waals surface area contributed by atoms with Crippen LogP contribution >= 0.6 is 0 Å². The van der Waals surface area contributed by atoms with Crippen molar-refractivity contribution in [2.75, 3.05) is 0 Å². The SMILES string of the molecule is c1cnc2ccc(-n3c4ccc5cccc6c5c4c4c5c(ccc7cccc-6c75)ccc43)cc2c1. The van der Waals surface area contributed by atoms with Gasteiger partial charge in [0.05, 0.1) is 16.6 Å². The Labute approximate surface area is 200 Å². The molecule has 160 valence electrons. The Morgan fingerprint density at radius 3 is 1.80 bits per heavy atom. The molecule has 1 aliphatic rings. The van der Waals surface area contributed by atoms with Crippen molar-refractivity contribution in [1.82, 2.24) is 9.55 Å². The monoisotopic (exact) mass is 442 g/mol. The van der Waals surface area contributed by atoms with E-state index in [1.54, 1.807) is 0 Å². The maximum Gasteiger partial charge on any atom is 0.0703 e. The number of pyridine rings is 1. The van der Waals surface area contributed by atoms with E-state index in [1.807, 2.05) is 12.3 Å². The van der Waals surface area contributed by atoms with Crippen LogP contribution in [0.3, 0.4) is 0 Å². The zero-order valence-corrected chi connectivity index (χ0v) is 18.8. The van der Waals surface area contributed by atoms with Crippen molar-refractivity contribution < 1.29 is 0 Å². The molecule has 0 spiro atoms. The highest BCUT2D eigenvalue weighted by atomic mass is 15.0. The average molecular weight is 443 g/mol. The van der Waals surface area contributed by atoms with Crippen LogP contribution in [-0.2, 0) is 0 Å². The van der Waals surface area contributed by atoms with E-state index in [1.165, 1.54) is 70.9 Å². The van der Waals surface area contributed by atoms with Crippen molar-refractivity contribution in [3.8, 4) is 16.8 Å². The Balaban J connectivity index is 1.61. The molecule has 9 rings (SSSR count). The second kappa shape index (κ2) is 6.05. The van der Waals surface area contributed by atoms with Crippen molar-refractivity contribution in [3.63, 3.8) is 0 Å².